The van der Waals surface area contributed by atoms with Crippen molar-refractivity contribution in [2.24, 2.45) is 5.92 Å². The first-order chi connectivity index (χ1) is 6.29. The average molecular weight is 212 g/mol. The van der Waals surface area contributed by atoms with E-state index in [1.807, 2.05) is 5.32 Å². The molecule has 0 saturated carbocycles. The Balaban J connectivity index is 4.24. The summed E-state index contributed by atoms with van der Waals surface area (Å²) in [5.74, 6) is -1.93. The second kappa shape index (κ2) is 5.19. The molecule has 0 aliphatic carbocycles. The normalized spacial score (nSPS) is 14.2. The summed E-state index contributed by atoms with van der Waals surface area (Å²) in [7, 11) is 1.62. The van der Waals surface area contributed by atoms with Crippen LogP contribution in [0.1, 0.15) is 13.8 Å². The minimum absolute atomic E-state index is 0.0475. The van der Waals surface area contributed by atoms with Crippen LogP contribution in [0.25, 0.3) is 0 Å². The van der Waals surface area contributed by atoms with Gasteiger partial charge in [0.25, 0.3) is 0 Å². The van der Waals surface area contributed by atoms with E-state index in [0.29, 0.717) is 6.54 Å². The molecule has 0 saturated heterocycles. The van der Waals surface area contributed by atoms with Gasteiger partial charge in [0.05, 0.1) is 0 Å². The fraction of sp³-hybridized carbons (Fsp3) is 0.875. The van der Waals surface area contributed by atoms with Gasteiger partial charge in [-0.2, -0.15) is 13.2 Å². The van der Waals surface area contributed by atoms with Crippen LogP contribution in [-0.2, 0) is 4.79 Å². The predicted octanol–water partition coefficient (Wildman–Crippen LogP) is 0.909. The van der Waals surface area contributed by atoms with Gasteiger partial charge in [0.2, 0.25) is 0 Å². The number of carbonyl (C=O) groups excluding carboxylic acids is 1. The molecule has 6 heteroatoms. The molecule has 14 heavy (non-hydrogen) atoms. The van der Waals surface area contributed by atoms with Crippen molar-refractivity contribution >= 4 is 5.91 Å². The zero-order chi connectivity index (χ0) is 11.4. The number of hydrogen-bond donors (Lipinski definition) is 2. The molecule has 0 spiro atoms. The number of amides is 1. The lowest BCUT2D eigenvalue weighted by atomic mass is 10.0. The fourth-order valence-electron chi connectivity index (χ4n) is 0.924. The first-order valence-corrected chi connectivity index (χ1v) is 4.31. The Hall–Kier alpha value is -0.780. The number of nitrogens with one attached hydrogen (secondary N) is 2. The lowest BCUT2D eigenvalue weighted by Crippen LogP contribution is -2.49. The third-order valence-corrected chi connectivity index (χ3v) is 1.80. The highest BCUT2D eigenvalue weighted by Gasteiger charge is 2.39. The lowest BCUT2D eigenvalue weighted by Gasteiger charge is -2.22. The van der Waals surface area contributed by atoms with E-state index in [4.69, 9.17) is 0 Å². The van der Waals surface area contributed by atoms with Gasteiger partial charge in [-0.05, 0) is 13.0 Å². The maximum Gasteiger partial charge on any atom is 0.471 e. The zero-order valence-electron chi connectivity index (χ0n) is 8.40. The van der Waals surface area contributed by atoms with Crippen molar-refractivity contribution in [2.45, 2.75) is 26.1 Å². The molecular weight excluding hydrogens is 197 g/mol. The molecule has 0 aromatic carbocycles. The summed E-state index contributed by atoms with van der Waals surface area (Å²) in [6.07, 6.45) is -4.80. The molecule has 1 amide bonds. The number of alkyl halides is 3. The Kier molecular flexibility index (Phi) is 4.90. The second-order valence-corrected chi connectivity index (χ2v) is 3.38. The first kappa shape index (κ1) is 13.2. The van der Waals surface area contributed by atoms with Gasteiger partial charge in [-0.1, -0.05) is 13.8 Å². The summed E-state index contributed by atoms with van der Waals surface area (Å²) in [6, 6.07) is -0.505. The molecule has 0 aliphatic heterocycles. The van der Waals surface area contributed by atoms with Gasteiger partial charge in [-0.15, -0.1) is 0 Å². The number of hydrogen-bond acceptors (Lipinski definition) is 2. The minimum Gasteiger partial charge on any atom is -0.344 e. The zero-order valence-corrected chi connectivity index (χ0v) is 8.40. The molecular formula is C8H15F3N2O. The van der Waals surface area contributed by atoms with Gasteiger partial charge in [0, 0.05) is 12.6 Å². The highest BCUT2D eigenvalue weighted by atomic mass is 19.4. The van der Waals surface area contributed by atoms with E-state index in [-0.39, 0.29) is 5.92 Å². The highest BCUT2D eigenvalue weighted by molar-refractivity contribution is 5.81. The van der Waals surface area contributed by atoms with E-state index in [2.05, 4.69) is 5.32 Å². The van der Waals surface area contributed by atoms with E-state index in [0.717, 1.165) is 0 Å². The molecule has 0 aliphatic rings. The predicted molar refractivity (Wildman–Crippen MR) is 46.8 cm³/mol. The molecule has 1 atom stereocenters. The molecule has 0 heterocycles. The first-order valence-electron chi connectivity index (χ1n) is 4.31. The van der Waals surface area contributed by atoms with Crippen LogP contribution in [0.15, 0.2) is 0 Å². The van der Waals surface area contributed by atoms with Crippen LogP contribution in [0.4, 0.5) is 13.2 Å². The average Bonchev–Trinajstić information content (AvgIpc) is 2.01. The summed E-state index contributed by atoms with van der Waals surface area (Å²) in [4.78, 5) is 10.6. The van der Waals surface area contributed by atoms with Crippen LogP contribution in [0.3, 0.4) is 0 Å². The quantitative estimate of drug-likeness (QED) is 0.727. The lowest BCUT2D eigenvalue weighted by molar-refractivity contribution is -0.174. The van der Waals surface area contributed by atoms with E-state index >= 15 is 0 Å². The topological polar surface area (TPSA) is 41.1 Å². The summed E-state index contributed by atoms with van der Waals surface area (Å²) < 4.78 is 35.6. The van der Waals surface area contributed by atoms with Crippen molar-refractivity contribution in [1.29, 1.82) is 0 Å². The Morgan fingerprint density at radius 1 is 1.36 bits per heavy atom. The van der Waals surface area contributed by atoms with E-state index in [1.54, 1.807) is 20.9 Å². The third kappa shape index (κ3) is 4.45. The molecule has 0 radical (unpaired) electrons. The molecule has 84 valence electrons. The fourth-order valence-corrected chi connectivity index (χ4v) is 0.924. The van der Waals surface area contributed by atoms with Crippen LogP contribution >= 0.6 is 0 Å². The van der Waals surface area contributed by atoms with Gasteiger partial charge in [-0.25, -0.2) is 0 Å². The summed E-state index contributed by atoms with van der Waals surface area (Å²) >= 11 is 0. The Bertz CT molecular complexity index is 192. The van der Waals surface area contributed by atoms with Gasteiger partial charge in [-0.3, -0.25) is 4.79 Å². The van der Waals surface area contributed by atoms with E-state index < -0.39 is 18.1 Å². The van der Waals surface area contributed by atoms with Gasteiger partial charge >= 0.3 is 12.1 Å². The SMILES string of the molecule is CNCC(NC(=O)C(F)(F)F)C(C)C. The maximum atomic E-state index is 11.9. The third-order valence-electron chi connectivity index (χ3n) is 1.80. The smallest absolute Gasteiger partial charge is 0.344 e. The Morgan fingerprint density at radius 2 is 1.86 bits per heavy atom. The molecule has 0 aromatic heterocycles. The Morgan fingerprint density at radius 3 is 2.14 bits per heavy atom. The maximum absolute atomic E-state index is 11.9. The molecule has 0 rings (SSSR count). The summed E-state index contributed by atoms with van der Waals surface area (Å²) in [6.45, 7) is 3.82. The second-order valence-electron chi connectivity index (χ2n) is 3.38. The largest absolute Gasteiger partial charge is 0.471 e. The number of likely N-dealkylation sites (N-methyl/N-ethyl adjacent to an activating group) is 1. The van der Waals surface area contributed by atoms with Crippen molar-refractivity contribution in [1.82, 2.24) is 10.6 Å². The van der Waals surface area contributed by atoms with Crippen molar-refractivity contribution in [3.05, 3.63) is 0 Å². The molecule has 1 unspecified atom stereocenters. The number of rotatable bonds is 4. The van der Waals surface area contributed by atoms with Crippen LogP contribution < -0.4 is 10.6 Å². The number of carbonyl (C=O) groups is 1. The van der Waals surface area contributed by atoms with Crippen LogP contribution in [0.2, 0.25) is 0 Å². The molecule has 3 nitrogen and oxygen atoms in total. The van der Waals surface area contributed by atoms with Crippen LogP contribution in [-0.4, -0.2) is 31.7 Å². The molecule has 2 N–H and O–H groups in total. The van der Waals surface area contributed by atoms with E-state index in [9.17, 15) is 18.0 Å². The number of halogens is 3. The molecule has 0 bridgehead atoms. The van der Waals surface area contributed by atoms with Crippen LogP contribution in [0, 0.1) is 5.92 Å². The van der Waals surface area contributed by atoms with Crippen molar-refractivity contribution < 1.29 is 18.0 Å². The van der Waals surface area contributed by atoms with Crippen molar-refractivity contribution in [3.63, 3.8) is 0 Å². The minimum atomic E-state index is -4.80. The van der Waals surface area contributed by atoms with Crippen LogP contribution in [0.5, 0.6) is 0 Å². The Labute approximate surface area is 81.1 Å². The van der Waals surface area contributed by atoms with Crippen molar-refractivity contribution in [2.75, 3.05) is 13.6 Å². The molecule has 0 aromatic rings. The van der Waals surface area contributed by atoms with Gasteiger partial charge in [0.15, 0.2) is 0 Å². The van der Waals surface area contributed by atoms with Gasteiger partial charge in [0.1, 0.15) is 0 Å². The van der Waals surface area contributed by atoms with E-state index in [1.165, 1.54) is 0 Å². The monoisotopic (exact) mass is 212 g/mol. The van der Waals surface area contributed by atoms with Gasteiger partial charge < -0.3 is 10.6 Å². The molecule has 0 fully saturated rings. The van der Waals surface area contributed by atoms with Crippen molar-refractivity contribution in [3.8, 4) is 0 Å². The standard InChI is InChI=1S/C8H15F3N2O/c1-5(2)6(4-12-3)13-7(14)8(9,10)11/h5-6,12H,4H2,1-3H3,(H,13,14). The summed E-state index contributed by atoms with van der Waals surface area (Å²) in [5.41, 5.74) is 0. The summed E-state index contributed by atoms with van der Waals surface area (Å²) in [5, 5.41) is 4.65. The highest BCUT2D eigenvalue weighted by Crippen LogP contribution is 2.15.